The van der Waals surface area contributed by atoms with E-state index in [0.717, 1.165) is 5.76 Å². The first kappa shape index (κ1) is 24.5. The average molecular weight is 481 g/mol. The van der Waals surface area contributed by atoms with Gasteiger partial charge in [-0.3, -0.25) is 9.89 Å². The Morgan fingerprint density at radius 3 is 2.42 bits per heavy atom. The van der Waals surface area contributed by atoms with Gasteiger partial charge in [0.05, 0.1) is 12.3 Å². The van der Waals surface area contributed by atoms with Gasteiger partial charge in [0.1, 0.15) is 11.4 Å². The van der Waals surface area contributed by atoms with Gasteiger partial charge in [-0.25, -0.2) is 4.79 Å². The SMILES string of the molecule is CN=C(NCCNC(=O)OC(C)(C)C)NCC(c1ccco1)N(C)C.I. The highest BCUT2D eigenvalue weighted by Crippen LogP contribution is 2.17. The first-order chi connectivity index (χ1) is 11.7. The number of hydrogen-bond acceptors (Lipinski definition) is 5. The minimum Gasteiger partial charge on any atom is -0.468 e. The molecule has 0 aliphatic heterocycles. The molecule has 150 valence electrons. The number of guanidine groups is 1. The van der Waals surface area contributed by atoms with Crippen molar-refractivity contribution in [1.82, 2.24) is 20.9 Å². The third-order valence-electron chi connectivity index (χ3n) is 3.27. The number of halogens is 1. The molecular formula is C17H32IN5O3. The zero-order valence-corrected chi connectivity index (χ0v) is 18.8. The van der Waals surface area contributed by atoms with Gasteiger partial charge >= 0.3 is 6.09 Å². The number of ether oxygens (including phenoxy) is 1. The van der Waals surface area contributed by atoms with Crippen LogP contribution in [0.4, 0.5) is 4.79 Å². The lowest BCUT2D eigenvalue weighted by Gasteiger charge is -2.24. The maximum Gasteiger partial charge on any atom is 0.407 e. The van der Waals surface area contributed by atoms with E-state index in [9.17, 15) is 4.79 Å². The standard InChI is InChI=1S/C17H31N5O3.HI/c1-17(2,3)25-16(23)20-10-9-19-15(18-4)21-12-13(22(5)6)14-8-7-11-24-14;/h7-8,11,13H,9-10,12H2,1-6H3,(H,20,23)(H2,18,19,21);1H. The molecule has 0 radical (unpaired) electrons. The van der Waals surface area contributed by atoms with Gasteiger partial charge in [0, 0.05) is 26.7 Å². The summed E-state index contributed by atoms with van der Waals surface area (Å²) in [7, 11) is 5.69. The van der Waals surface area contributed by atoms with E-state index in [-0.39, 0.29) is 30.0 Å². The van der Waals surface area contributed by atoms with Crippen LogP contribution in [0.15, 0.2) is 27.8 Å². The molecule has 0 aliphatic rings. The highest BCUT2D eigenvalue weighted by molar-refractivity contribution is 14.0. The third-order valence-corrected chi connectivity index (χ3v) is 3.27. The van der Waals surface area contributed by atoms with Crippen molar-refractivity contribution in [3.05, 3.63) is 24.2 Å². The van der Waals surface area contributed by atoms with Crippen LogP contribution < -0.4 is 16.0 Å². The predicted molar refractivity (Wildman–Crippen MR) is 114 cm³/mol. The van der Waals surface area contributed by atoms with Gasteiger partial charge in [-0.1, -0.05) is 0 Å². The number of carbonyl (C=O) groups is 1. The van der Waals surface area contributed by atoms with E-state index >= 15 is 0 Å². The molecule has 0 saturated heterocycles. The molecule has 0 saturated carbocycles. The quantitative estimate of drug-likeness (QED) is 0.240. The summed E-state index contributed by atoms with van der Waals surface area (Å²) in [5, 5.41) is 9.10. The lowest BCUT2D eigenvalue weighted by atomic mass is 10.2. The number of carbonyl (C=O) groups excluding carboxylic acids is 1. The van der Waals surface area contributed by atoms with Gasteiger partial charge in [-0.05, 0) is 47.0 Å². The molecule has 1 unspecified atom stereocenters. The van der Waals surface area contributed by atoms with E-state index < -0.39 is 11.7 Å². The third kappa shape index (κ3) is 9.85. The highest BCUT2D eigenvalue weighted by Gasteiger charge is 2.17. The Morgan fingerprint density at radius 1 is 1.27 bits per heavy atom. The van der Waals surface area contributed by atoms with E-state index in [1.54, 1.807) is 13.3 Å². The summed E-state index contributed by atoms with van der Waals surface area (Å²) in [4.78, 5) is 17.8. The molecule has 0 bridgehead atoms. The summed E-state index contributed by atoms with van der Waals surface area (Å²) in [6, 6.07) is 3.92. The van der Waals surface area contributed by atoms with Crippen LogP contribution in [0.5, 0.6) is 0 Å². The van der Waals surface area contributed by atoms with Crippen molar-refractivity contribution in [2.75, 3.05) is 40.8 Å². The van der Waals surface area contributed by atoms with E-state index in [1.807, 2.05) is 47.0 Å². The van der Waals surface area contributed by atoms with Crippen LogP contribution in [0.2, 0.25) is 0 Å². The van der Waals surface area contributed by atoms with Gasteiger partial charge in [-0.2, -0.15) is 0 Å². The van der Waals surface area contributed by atoms with Crippen LogP contribution in [0.1, 0.15) is 32.6 Å². The number of rotatable bonds is 7. The maximum absolute atomic E-state index is 11.6. The van der Waals surface area contributed by atoms with Crippen LogP contribution in [-0.4, -0.2) is 63.3 Å². The molecule has 1 amide bonds. The Labute approximate surface area is 173 Å². The molecule has 9 heteroatoms. The second-order valence-electron chi connectivity index (χ2n) is 6.80. The molecule has 0 fully saturated rings. The zero-order valence-electron chi connectivity index (χ0n) is 16.5. The lowest BCUT2D eigenvalue weighted by Crippen LogP contribution is -2.44. The molecule has 1 rings (SSSR count). The summed E-state index contributed by atoms with van der Waals surface area (Å²) >= 11 is 0. The van der Waals surface area contributed by atoms with Crippen LogP contribution in [0, 0.1) is 0 Å². The number of hydrogen-bond donors (Lipinski definition) is 3. The molecule has 26 heavy (non-hydrogen) atoms. The molecule has 0 aromatic carbocycles. The van der Waals surface area contributed by atoms with Gasteiger partial charge in [0.15, 0.2) is 5.96 Å². The predicted octanol–water partition coefficient (Wildman–Crippen LogP) is 2.19. The number of nitrogens with one attached hydrogen (secondary N) is 3. The fraction of sp³-hybridized carbons (Fsp3) is 0.647. The number of nitrogens with zero attached hydrogens (tertiary/aromatic N) is 2. The van der Waals surface area contributed by atoms with Crippen LogP contribution >= 0.6 is 24.0 Å². The Balaban J connectivity index is 0.00000625. The monoisotopic (exact) mass is 481 g/mol. The van der Waals surface area contributed by atoms with Crippen molar-refractivity contribution >= 4 is 36.0 Å². The normalized spacial score (nSPS) is 13.0. The van der Waals surface area contributed by atoms with E-state index in [1.165, 1.54) is 0 Å². The molecule has 8 nitrogen and oxygen atoms in total. The second-order valence-corrected chi connectivity index (χ2v) is 6.80. The first-order valence-corrected chi connectivity index (χ1v) is 8.34. The second kappa shape index (κ2) is 12.0. The van der Waals surface area contributed by atoms with Crippen LogP contribution in [0.3, 0.4) is 0 Å². The van der Waals surface area contributed by atoms with Gasteiger partial charge in [0.25, 0.3) is 0 Å². The van der Waals surface area contributed by atoms with Crippen LogP contribution in [-0.2, 0) is 4.74 Å². The van der Waals surface area contributed by atoms with E-state index in [4.69, 9.17) is 9.15 Å². The summed E-state index contributed by atoms with van der Waals surface area (Å²) in [5.74, 6) is 1.55. The summed E-state index contributed by atoms with van der Waals surface area (Å²) in [5.41, 5.74) is -0.498. The first-order valence-electron chi connectivity index (χ1n) is 8.34. The number of amides is 1. The zero-order chi connectivity index (χ0) is 18.9. The largest absolute Gasteiger partial charge is 0.468 e. The van der Waals surface area contributed by atoms with Crippen molar-refractivity contribution in [3.63, 3.8) is 0 Å². The molecule has 0 aliphatic carbocycles. The summed E-state index contributed by atoms with van der Waals surface area (Å²) < 4.78 is 10.7. The molecule has 1 atom stereocenters. The van der Waals surface area contributed by atoms with E-state index in [0.29, 0.717) is 25.6 Å². The number of likely N-dealkylation sites (N-methyl/N-ethyl adjacent to an activating group) is 1. The molecule has 1 aromatic heterocycles. The van der Waals surface area contributed by atoms with Crippen molar-refractivity contribution in [2.24, 2.45) is 4.99 Å². The Bertz CT molecular complexity index is 541. The molecule has 1 aromatic rings. The van der Waals surface area contributed by atoms with Crippen molar-refractivity contribution in [3.8, 4) is 0 Å². The van der Waals surface area contributed by atoms with Gasteiger partial charge < -0.3 is 25.1 Å². The number of aliphatic imine (C=N–C) groups is 1. The average Bonchev–Trinajstić information content (AvgIpc) is 3.01. The fourth-order valence-corrected chi connectivity index (χ4v) is 2.09. The number of furan rings is 1. The molecule has 0 spiro atoms. The number of alkyl carbamates (subject to hydrolysis) is 1. The summed E-state index contributed by atoms with van der Waals surface area (Å²) in [6.45, 7) is 7.10. The maximum atomic E-state index is 11.6. The van der Waals surface area contributed by atoms with Gasteiger partial charge in [0.2, 0.25) is 0 Å². The van der Waals surface area contributed by atoms with Gasteiger partial charge in [-0.15, -0.1) is 24.0 Å². The summed E-state index contributed by atoms with van der Waals surface area (Å²) in [6.07, 6.45) is 1.24. The lowest BCUT2D eigenvalue weighted by molar-refractivity contribution is 0.0529. The fourth-order valence-electron chi connectivity index (χ4n) is 2.09. The topological polar surface area (TPSA) is 91.1 Å². The van der Waals surface area contributed by atoms with Crippen molar-refractivity contribution < 1.29 is 13.9 Å². The van der Waals surface area contributed by atoms with E-state index in [2.05, 4.69) is 25.8 Å². The molecular weight excluding hydrogens is 449 g/mol. The Hall–Kier alpha value is -1.49. The highest BCUT2D eigenvalue weighted by atomic mass is 127. The minimum absolute atomic E-state index is 0. The Kier molecular flexibility index (Phi) is 11.3. The Morgan fingerprint density at radius 2 is 1.92 bits per heavy atom. The molecule has 1 heterocycles. The molecule has 3 N–H and O–H groups in total. The van der Waals surface area contributed by atoms with Crippen molar-refractivity contribution in [1.29, 1.82) is 0 Å². The van der Waals surface area contributed by atoms with Crippen LogP contribution in [0.25, 0.3) is 0 Å². The smallest absolute Gasteiger partial charge is 0.407 e. The van der Waals surface area contributed by atoms with Crippen molar-refractivity contribution in [2.45, 2.75) is 32.4 Å². The minimum atomic E-state index is -0.498.